The number of alkyl halides is 3. The lowest BCUT2D eigenvalue weighted by atomic mass is 9.97. The number of halogens is 3. The number of rotatable bonds is 2. The topological polar surface area (TPSA) is 74.8 Å². The summed E-state index contributed by atoms with van der Waals surface area (Å²) in [5, 5.41) is 0. The van der Waals surface area contributed by atoms with E-state index in [2.05, 4.69) is 19.9 Å². The number of hydrogen-bond donors (Lipinski definition) is 1. The molecular weight excluding hydrogens is 311 g/mol. The van der Waals surface area contributed by atoms with Crippen molar-refractivity contribution < 1.29 is 18.0 Å². The van der Waals surface area contributed by atoms with E-state index in [1.54, 1.807) is 4.90 Å². The molecule has 1 N–H and O–H groups in total. The van der Waals surface area contributed by atoms with Gasteiger partial charge in [-0.1, -0.05) is 0 Å². The van der Waals surface area contributed by atoms with E-state index in [0.29, 0.717) is 25.9 Å². The highest BCUT2D eigenvalue weighted by molar-refractivity contribution is 5.92. The zero-order valence-electron chi connectivity index (χ0n) is 12.0. The summed E-state index contributed by atoms with van der Waals surface area (Å²) < 4.78 is 37.9. The highest BCUT2D eigenvalue weighted by Gasteiger charge is 2.35. The molecule has 0 spiro atoms. The van der Waals surface area contributed by atoms with Gasteiger partial charge in [-0.25, -0.2) is 9.97 Å². The predicted molar refractivity (Wildman–Crippen MR) is 73.5 cm³/mol. The van der Waals surface area contributed by atoms with Crippen molar-refractivity contribution in [2.24, 2.45) is 0 Å². The summed E-state index contributed by atoms with van der Waals surface area (Å²) >= 11 is 0. The maximum absolute atomic E-state index is 12.6. The number of nitrogens with one attached hydrogen (secondary N) is 1. The van der Waals surface area contributed by atoms with Gasteiger partial charge in [0.2, 0.25) is 0 Å². The highest BCUT2D eigenvalue weighted by atomic mass is 19.4. The van der Waals surface area contributed by atoms with Crippen molar-refractivity contribution in [2.75, 3.05) is 13.1 Å². The first kappa shape index (κ1) is 15.4. The molecule has 0 aromatic carbocycles. The molecule has 3 heterocycles. The Kier molecular flexibility index (Phi) is 4.01. The Balaban J connectivity index is 1.73. The molecule has 9 heteroatoms. The maximum atomic E-state index is 12.6. The average molecular weight is 325 g/mol. The van der Waals surface area contributed by atoms with Crippen molar-refractivity contribution in [3.8, 4) is 0 Å². The van der Waals surface area contributed by atoms with Crippen LogP contribution in [0.3, 0.4) is 0 Å². The summed E-state index contributed by atoms with van der Waals surface area (Å²) in [6, 6.07) is 0. The summed E-state index contributed by atoms with van der Waals surface area (Å²) in [6.07, 6.45) is 1.98. The zero-order valence-corrected chi connectivity index (χ0v) is 12.0. The molecule has 0 unspecified atom stereocenters. The lowest BCUT2D eigenvalue weighted by molar-refractivity contribution is -0.141. The molecule has 23 heavy (non-hydrogen) atoms. The third-order valence-electron chi connectivity index (χ3n) is 3.78. The first-order valence-electron chi connectivity index (χ1n) is 7.12. The minimum atomic E-state index is -4.45. The minimum Gasteiger partial charge on any atom is -0.338 e. The summed E-state index contributed by atoms with van der Waals surface area (Å²) in [7, 11) is 0. The fourth-order valence-electron chi connectivity index (χ4n) is 2.64. The van der Waals surface area contributed by atoms with Crippen molar-refractivity contribution in [2.45, 2.75) is 24.9 Å². The fraction of sp³-hybridized carbons (Fsp3) is 0.429. The smallest absolute Gasteiger partial charge is 0.338 e. The van der Waals surface area contributed by atoms with Gasteiger partial charge in [-0.3, -0.25) is 9.78 Å². The van der Waals surface area contributed by atoms with Crippen molar-refractivity contribution in [3.63, 3.8) is 0 Å². The summed E-state index contributed by atoms with van der Waals surface area (Å²) in [5.41, 5.74) is -0.645. The normalized spacial score (nSPS) is 18.9. The van der Waals surface area contributed by atoms with Crippen molar-refractivity contribution >= 4 is 5.91 Å². The van der Waals surface area contributed by atoms with Gasteiger partial charge in [0.05, 0.1) is 12.4 Å². The minimum absolute atomic E-state index is 0.226. The van der Waals surface area contributed by atoms with Crippen molar-refractivity contribution in [3.05, 3.63) is 42.0 Å². The summed E-state index contributed by atoms with van der Waals surface area (Å²) in [4.78, 5) is 27.9. The van der Waals surface area contributed by atoms with E-state index >= 15 is 0 Å². The Labute approximate surface area is 129 Å². The van der Waals surface area contributed by atoms with Crippen LogP contribution in [0.1, 0.15) is 40.8 Å². The fourth-order valence-corrected chi connectivity index (χ4v) is 2.64. The van der Waals surface area contributed by atoms with Gasteiger partial charge in [-0.05, 0) is 12.8 Å². The van der Waals surface area contributed by atoms with E-state index in [1.165, 1.54) is 18.6 Å². The zero-order chi connectivity index (χ0) is 16.4. The molecule has 1 amide bonds. The van der Waals surface area contributed by atoms with Crippen LogP contribution in [0.15, 0.2) is 24.8 Å². The van der Waals surface area contributed by atoms with Gasteiger partial charge >= 0.3 is 6.18 Å². The first-order chi connectivity index (χ1) is 10.9. The summed E-state index contributed by atoms with van der Waals surface area (Å²) in [5.74, 6) is -0.264. The van der Waals surface area contributed by atoms with Gasteiger partial charge in [-0.2, -0.15) is 13.2 Å². The number of aromatic amines is 1. The van der Waals surface area contributed by atoms with E-state index in [9.17, 15) is 18.0 Å². The third-order valence-corrected chi connectivity index (χ3v) is 3.78. The molecule has 0 bridgehead atoms. The molecule has 0 radical (unpaired) electrons. The largest absolute Gasteiger partial charge is 0.432 e. The molecule has 1 aliphatic rings. The molecule has 2 aromatic rings. The molecule has 0 aliphatic carbocycles. The number of aromatic nitrogens is 4. The Morgan fingerprint density at radius 1 is 1.26 bits per heavy atom. The monoisotopic (exact) mass is 325 g/mol. The predicted octanol–water partition coefficient (Wildman–Crippen LogP) is 2.24. The van der Waals surface area contributed by atoms with Crippen LogP contribution in [0.4, 0.5) is 13.2 Å². The van der Waals surface area contributed by atoms with Crippen LogP contribution in [0.2, 0.25) is 0 Å². The molecule has 0 saturated carbocycles. The Morgan fingerprint density at radius 3 is 2.74 bits per heavy atom. The standard InChI is InChI=1S/C14H14F3N5O/c15-14(16,17)11-7-20-12(21-11)9-2-1-5-22(8-9)13(23)10-6-18-3-4-19-10/h3-4,6-7,9H,1-2,5,8H2,(H,20,21)/t9-/m0/s1. The second kappa shape index (κ2) is 5.98. The van der Waals surface area contributed by atoms with Crippen LogP contribution >= 0.6 is 0 Å². The van der Waals surface area contributed by atoms with Gasteiger partial charge < -0.3 is 9.88 Å². The van der Waals surface area contributed by atoms with Crippen molar-refractivity contribution in [1.82, 2.24) is 24.8 Å². The van der Waals surface area contributed by atoms with Crippen LogP contribution in [0.5, 0.6) is 0 Å². The van der Waals surface area contributed by atoms with Crippen LogP contribution in [-0.2, 0) is 6.18 Å². The number of carbonyl (C=O) groups excluding carboxylic acids is 1. The molecule has 122 valence electrons. The molecule has 2 aromatic heterocycles. The molecule has 1 saturated heterocycles. The maximum Gasteiger partial charge on any atom is 0.432 e. The number of carbonyl (C=O) groups is 1. The Morgan fingerprint density at radius 2 is 2.09 bits per heavy atom. The van der Waals surface area contributed by atoms with Crippen LogP contribution in [0, 0.1) is 0 Å². The number of likely N-dealkylation sites (tertiary alicyclic amines) is 1. The quantitative estimate of drug-likeness (QED) is 0.919. The lowest BCUT2D eigenvalue weighted by Crippen LogP contribution is -2.39. The number of amides is 1. The molecule has 1 aliphatic heterocycles. The molecule has 3 rings (SSSR count). The SMILES string of the molecule is O=C(c1cnccn1)N1CCC[C@H](c2ncc(C(F)(F)F)[nH]2)C1. The van der Waals surface area contributed by atoms with Crippen LogP contribution in [-0.4, -0.2) is 43.8 Å². The van der Waals surface area contributed by atoms with Crippen LogP contribution < -0.4 is 0 Å². The Hall–Kier alpha value is -2.45. The second-order valence-corrected chi connectivity index (χ2v) is 5.36. The average Bonchev–Trinajstić information content (AvgIpc) is 3.05. The van der Waals surface area contributed by atoms with E-state index in [1.807, 2.05) is 0 Å². The molecular formula is C14H14F3N5O. The van der Waals surface area contributed by atoms with Gasteiger partial charge in [0, 0.05) is 31.4 Å². The van der Waals surface area contributed by atoms with Crippen molar-refractivity contribution in [1.29, 1.82) is 0 Å². The molecule has 1 atom stereocenters. The third kappa shape index (κ3) is 3.33. The van der Waals surface area contributed by atoms with Gasteiger partial charge in [0.1, 0.15) is 17.2 Å². The second-order valence-electron chi connectivity index (χ2n) is 5.36. The number of imidazole rings is 1. The van der Waals surface area contributed by atoms with E-state index in [-0.39, 0.29) is 23.3 Å². The lowest BCUT2D eigenvalue weighted by Gasteiger charge is -2.31. The van der Waals surface area contributed by atoms with E-state index in [4.69, 9.17) is 0 Å². The van der Waals surface area contributed by atoms with Gasteiger partial charge in [0.15, 0.2) is 0 Å². The van der Waals surface area contributed by atoms with E-state index in [0.717, 1.165) is 6.20 Å². The number of piperidine rings is 1. The first-order valence-corrected chi connectivity index (χ1v) is 7.12. The number of hydrogen-bond acceptors (Lipinski definition) is 4. The highest BCUT2D eigenvalue weighted by Crippen LogP contribution is 2.31. The molecule has 6 nitrogen and oxygen atoms in total. The number of nitrogens with zero attached hydrogens (tertiary/aromatic N) is 4. The van der Waals surface area contributed by atoms with Crippen LogP contribution in [0.25, 0.3) is 0 Å². The van der Waals surface area contributed by atoms with Gasteiger partial charge in [0.25, 0.3) is 5.91 Å². The summed E-state index contributed by atoms with van der Waals surface area (Å²) in [6.45, 7) is 0.846. The Bertz CT molecular complexity index is 685. The molecule has 1 fully saturated rings. The van der Waals surface area contributed by atoms with Gasteiger partial charge in [-0.15, -0.1) is 0 Å². The number of H-pyrrole nitrogens is 1. The van der Waals surface area contributed by atoms with E-state index < -0.39 is 11.9 Å².